The Labute approximate surface area is 174 Å². The van der Waals surface area contributed by atoms with Crippen LogP contribution in [0.2, 0.25) is 0 Å². The highest BCUT2D eigenvalue weighted by Gasteiger charge is 2.17. The number of urea groups is 1. The number of halogens is 1. The molecular weight excluding hydrogens is 385 g/mol. The van der Waals surface area contributed by atoms with Gasteiger partial charge < -0.3 is 9.73 Å². The maximum atomic E-state index is 13.8. The molecule has 0 aliphatic heterocycles. The van der Waals surface area contributed by atoms with Gasteiger partial charge in [0.15, 0.2) is 0 Å². The summed E-state index contributed by atoms with van der Waals surface area (Å²) < 4.78 is 18.9. The molecule has 7 heteroatoms. The summed E-state index contributed by atoms with van der Waals surface area (Å²) in [4.78, 5) is 24.1. The number of rotatable bonds is 8. The summed E-state index contributed by atoms with van der Waals surface area (Å²) in [5, 5.41) is 7.92. The number of aryl methyl sites for hydroxylation is 1. The molecular formula is C23H24FN3O3. The molecule has 3 amide bonds. The van der Waals surface area contributed by atoms with Crippen molar-refractivity contribution in [3.63, 3.8) is 0 Å². The van der Waals surface area contributed by atoms with Gasteiger partial charge in [-0.3, -0.25) is 15.4 Å². The van der Waals surface area contributed by atoms with Crippen molar-refractivity contribution in [1.82, 2.24) is 16.0 Å². The molecule has 0 saturated carbocycles. The summed E-state index contributed by atoms with van der Waals surface area (Å²) in [5.74, 6) is -0.276. The second kappa shape index (κ2) is 10.4. The van der Waals surface area contributed by atoms with E-state index in [-0.39, 0.29) is 18.9 Å². The van der Waals surface area contributed by atoms with Gasteiger partial charge >= 0.3 is 6.03 Å². The van der Waals surface area contributed by atoms with E-state index in [1.54, 1.807) is 24.3 Å². The van der Waals surface area contributed by atoms with Crippen molar-refractivity contribution in [2.75, 3.05) is 6.54 Å². The fraction of sp³-hybridized carbons (Fsp3) is 0.217. The zero-order valence-corrected chi connectivity index (χ0v) is 16.7. The van der Waals surface area contributed by atoms with Gasteiger partial charge in [0.2, 0.25) is 5.91 Å². The molecule has 0 saturated heterocycles. The summed E-state index contributed by atoms with van der Waals surface area (Å²) in [6.07, 6.45) is 2.41. The van der Waals surface area contributed by atoms with Gasteiger partial charge in [0.1, 0.15) is 11.6 Å². The monoisotopic (exact) mass is 409 g/mol. The SMILES string of the molecule is CCc1ccc([C@H](NCC(=O)NC(=O)NCc2ccco2)c2cccc(F)c2)cc1. The van der Waals surface area contributed by atoms with Crippen molar-refractivity contribution in [2.45, 2.75) is 25.9 Å². The molecule has 1 heterocycles. The summed E-state index contributed by atoms with van der Waals surface area (Å²) in [7, 11) is 0. The van der Waals surface area contributed by atoms with Gasteiger partial charge in [0.05, 0.1) is 25.4 Å². The molecule has 2 aromatic carbocycles. The third-order valence-corrected chi connectivity index (χ3v) is 4.63. The van der Waals surface area contributed by atoms with E-state index in [1.807, 2.05) is 24.3 Å². The summed E-state index contributed by atoms with van der Waals surface area (Å²) in [5.41, 5.74) is 2.77. The van der Waals surface area contributed by atoms with E-state index in [4.69, 9.17) is 4.42 Å². The molecule has 3 N–H and O–H groups in total. The van der Waals surface area contributed by atoms with Crippen LogP contribution in [0.25, 0.3) is 0 Å². The number of imide groups is 1. The van der Waals surface area contributed by atoms with E-state index in [0.717, 1.165) is 12.0 Å². The lowest BCUT2D eigenvalue weighted by molar-refractivity contribution is -0.119. The van der Waals surface area contributed by atoms with Crippen molar-refractivity contribution >= 4 is 11.9 Å². The first-order valence-corrected chi connectivity index (χ1v) is 9.73. The Morgan fingerprint density at radius 3 is 2.50 bits per heavy atom. The van der Waals surface area contributed by atoms with Crippen LogP contribution in [0.4, 0.5) is 9.18 Å². The van der Waals surface area contributed by atoms with Gasteiger partial charge in [0.25, 0.3) is 0 Å². The van der Waals surface area contributed by atoms with Gasteiger partial charge in [-0.1, -0.05) is 43.3 Å². The van der Waals surface area contributed by atoms with Crippen molar-refractivity contribution in [1.29, 1.82) is 0 Å². The molecule has 0 aliphatic carbocycles. The largest absolute Gasteiger partial charge is 0.467 e. The normalized spacial score (nSPS) is 11.7. The predicted octanol–water partition coefficient (Wildman–Crippen LogP) is 3.69. The highest BCUT2D eigenvalue weighted by atomic mass is 19.1. The first kappa shape index (κ1) is 21.3. The molecule has 0 unspecified atom stereocenters. The lowest BCUT2D eigenvalue weighted by atomic mass is 9.97. The second-order valence-electron chi connectivity index (χ2n) is 6.77. The molecule has 0 bridgehead atoms. The van der Waals surface area contributed by atoms with Crippen molar-refractivity contribution in [2.24, 2.45) is 0 Å². The van der Waals surface area contributed by atoms with Gasteiger partial charge in [-0.05, 0) is 47.4 Å². The second-order valence-corrected chi connectivity index (χ2v) is 6.77. The molecule has 0 spiro atoms. The van der Waals surface area contributed by atoms with Crippen LogP contribution in [-0.2, 0) is 17.8 Å². The maximum absolute atomic E-state index is 13.8. The Kier molecular flexibility index (Phi) is 7.34. The molecule has 0 radical (unpaired) electrons. The van der Waals surface area contributed by atoms with Crippen molar-refractivity contribution < 1.29 is 18.4 Å². The fourth-order valence-corrected chi connectivity index (χ4v) is 3.05. The molecule has 3 aromatic rings. The summed E-state index contributed by atoms with van der Waals surface area (Å²) >= 11 is 0. The van der Waals surface area contributed by atoms with Gasteiger partial charge in [-0.2, -0.15) is 0 Å². The zero-order valence-electron chi connectivity index (χ0n) is 16.7. The van der Waals surface area contributed by atoms with Gasteiger partial charge in [-0.25, -0.2) is 9.18 Å². The number of hydrogen-bond acceptors (Lipinski definition) is 4. The lowest BCUT2D eigenvalue weighted by Gasteiger charge is -2.20. The Hall–Kier alpha value is -3.45. The number of carbonyl (C=O) groups excluding carboxylic acids is 2. The topological polar surface area (TPSA) is 83.4 Å². The van der Waals surface area contributed by atoms with E-state index in [0.29, 0.717) is 11.3 Å². The van der Waals surface area contributed by atoms with Crippen LogP contribution in [0, 0.1) is 5.82 Å². The van der Waals surface area contributed by atoms with Crippen molar-refractivity contribution in [3.8, 4) is 0 Å². The maximum Gasteiger partial charge on any atom is 0.321 e. The number of benzene rings is 2. The predicted molar refractivity (Wildman–Crippen MR) is 111 cm³/mol. The van der Waals surface area contributed by atoms with Crippen molar-refractivity contribution in [3.05, 3.63) is 95.2 Å². The van der Waals surface area contributed by atoms with E-state index in [2.05, 4.69) is 22.9 Å². The van der Waals surface area contributed by atoms with Crippen LogP contribution in [0.15, 0.2) is 71.3 Å². The van der Waals surface area contributed by atoms with Gasteiger partial charge in [-0.15, -0.1) is 0 Å². The van der Waals surface area contributed by atoms with Crippen LogP contribution >= 0.6 is 0 Å². The number of furan rings is 1. The van der Waals surface area contributed by atoms with Crippen LogP contribution < -0.4 is 16.0 Å². The molecule has 30 heavy (non-hydrogen) atoms. The summed E-state index contributed by atoms with van der Waals surface area (Å²) in [6, 6.07) is 16.6. The average Bonchev–Trinajstić information content (AvgIpc) is 3.27. The molecule has 6 nitrogen and oxygen atoms in total. The summed E-state index contributed by atoms with van der Waals surface area (Å²) in [6.45, 7) is 2.12. The van der Waals surface area contributed by atoms with E-state index in [1.165, 1.54) is 24.0 Å². The highest BCUT2D eigenvalue weighted by molar-refractivity contribution is 5.95. The molecule has 3 rings (SSSR count). The minimum absolute atomic E-state index is 0.120. The Bertz CT molecular complexity index is 972. The smallest absolute Gasteiger partial charge is 0.321 e. The quantitative estimate of drug-likeness (QED) is 0.530. The number of carbonyl (C=O) groups is 2. The molecule has 0 aliphatic rings. The minimum Gasteiger partial charge on any atom is -0.467 e. The first-order chi connectivity index (χ1) is 14.5. The van der Waals surface area contributed by atoms with E-state index in [9.17, 15) is 14.0 Å². The zero-order chi connectivity index (χ0) is 21.3. The molecule has 1 atom stereocenters. The van der Waals surface area contributed by atoms with Crippen LogP contribution in [0.3, 0.4) is 0 Å². The van der Waals surface area contributed by atoms with E-state index >= 15 is 0 Å². The van der Waals surface area contributed by atoms with Gasteiger partial charge in [0, 0.05) is 0 Å². The highest BCUT2D eigenvalue weighted by Crippen LogP contribution is 2.23. The van der Waals surface area contributed by atoms with Crippen LogP contribution in [0.5, 0.6) is 0 Å². The number of hydrogen-bond donors (Lipinski definition) is 3. The van der Waals surface area contributed by atoms with Crippen LogP contribution in [-0.4, -0.2) is 18.5 Å². The lowest BCUT2D eigenvalue weighted by Crippen LogP contribution is -2.43. The Balaban J connectivity index is 1.62. The Morgan fingerprint density at radius 1 is 1.03 bits per heavy atom. The third-order valence-electron chi connectivity index (χ3n) is 4.63. The number of nitrogens with one attached hydrogen (secondary N) is 3. The minimum atomic E-state index is -0.618. The first-order valence-electron chi connectivity index (χ1n) is 9.73. The fourth-order valence-electron chi connectivity index (χ4n) is 3.05. The molecule has 0 fully saturated rings. The van der Waals surface area contributed by atoms with E-state index < -0.39 is 18.0 Å². The number of amides is 3. The van der Waals surface area contributed by atoms with Crippen LogP contribution in [0.1, 0.15) is 35.4 Å². The average molecular weight is 409 g/mol. The third kappa shape index (κ3) is 6.02. The Morgan fingerprint density at radius 2 is 1.83 bits per heavy atom. The molecule has 1 aromatic heterocycles. The standard InChI is InChI=1S/C23H24FN3O3/c1-2-16-8-10-17(11-9-16)22(18-5-3-6-19(24)13-18)25-15-21(28)27-23(29)26-14-20-7-4-12-30-20/h3-13,22,25H,2,14-15H2,1H3,(H2,26,27,28,29)/t22-/m0/s1. The molecule has 156 valence electrons.